The summed E-state index contributed by atoms with van der Waals surface area (Å²) in [6.07, 6.45) is 35.5. The van der Waals surface area contributed by atoms with E-state index in [1.807, 2.05) is 0 Å². The molecule has 2 rings (SSSR count). The van der Waals surface area contributed by atoms with Gasteiger partial charge >= 0.3 is 0 Å². The molecule has 1 N–H and O–H groups in total. The molecule has 0 spiro atoms. The van der Waals surface area contributed by atoms with Crippen molar-refractivity contribution in [2.75, 3.05) is 0 Å². The summed E-state index contributed by atoms with van der Waals surface area (Å²) in [6.45, 7) is 2.26. The Balaban J connectivity index is 0.000000357. The molecule has 0 bridgehead atoms. The maximum absolute atomic E-state index is 10.2. The number of hydrogen-bond acceptors (Lipinski definition) is 3. The van der Waals surface area contributed by atoms with Crippen LogP contribution in [0.25, 0.3) is 0 Å². The van der Waals surface area contributed by atoms with E-state index in [1.165, 1.54) is 128 Å². The number of aliphatic carboxylic acids is 1. The minimum absolute atomic E-state index is 0.220. The van der Waals surface area contributed by atoms with Crippen molar-refractivity contribution in [1.82, 2.24) is 5.32 Å². The summed E-state index contributed by atoms with van der Waals surface area (Å²) in [5.74, 6) is -0.914. The zero-order valence-electron chi connectivity index (χ0n) is 22.1. The Hall–Kier alpha value is -0.830. The highest BCUT2D eigenvalue weighted by Crippen LogP contribution is 2.22. The molecule has 0 atom stereocenters. The summed E-state index contributed by atoms with van der Waals surface area (Å²) >= 11 is 0. The zero-order valence-corrected chi connectivity index (χ0v) is 22.1. The molecule has 194 valence electrons. The van der Waals surface area contributed by atoms with Crippen molar-refractivity contribution in [3.8, 4) is 0 Å². The highest BCUT2D eigenvalue weighted by molar-refractivity contribution is 5.64. The van der Waals surface area contributed by atoms with E-state index >= 15 is 0 Å². The number of nitrogens with one attached hydrogen (secondary N) is 1. The molecule has 0 heterocycles. The summed E-state index contributed by atoms with van der Waals surface area (Å²) in [5.41, 5.74) is 0. The van der Waals surface area contributed by atoms with Crippen LogP contribution in [-0.2, 0) is 4.79 Å². The van der Waals surface area contributed by atoms with Crippen LogP contribution in [0.1, 0.15) is 161 Å². The molecule has 0 radical (unpaired) electrons. The van der Waals surface area contributed by atoms with Gasteiger partial charge in [-0.1, -0.05) is 109 Å². The van der Waals surface area contributed by atoms with Gasteiger partial charge in [-0.25, -0.2) is 0 Å². The molecular weight excluding hydrogens is 406 g/mol. The van der Waals surface area contributed by atoms with Crippen LogP contribution >= 0.6 is 0 Å². The number of allylic oxidation sites excluding steroid dienone is 2. The van der Waals surface area contributed by atoms with Crippen LogP contribution in [0.3, 0.4) is 0 Å². The Morgan fingerprint density at radius 3 is 1.55 bits per heavy atom. The summed E-state index contributed by atoms with van der Waals surface area (Å²) < 4.78 is 0. The summed E-state index contributed by atoms with van der Waals surface area (Å²) in [7, 11) is 0. The van der Waals surface area contributed by atoms with Crippen LogP contribution in [0.5, 0.6) is 0 Å². The first-order valence-electron chi connectivity index (χ1n) is 14.8. The summed E-state index contributed by atoms with van der Waals surface area (Å²) in [6, 6.07) is 1.74. The molecule has 2 saturated carbocycles. The topological polar surface area (TPSA) is 52.2 Å². The van der Waals surface area contributed by atoms with Crippen LogP contribution in [0, 0.1) is 0 Å². The van der Waals surface area contributed by atoms with Gasteiger partial charge in [-0.15, -0.1) is 0 Å². The minimum Gasteiger partial charge on any atom is -0.550 e. The Morgan fingerprint density at radius 2 is 1.09 bits per heavy atom. The van der Waals surface area contributed by atoms with Gasteiger partial charge in [0.05, 0.1) is 0 Å². The van der Waals surface area contributed by atoms with E-state index in [0.717, 1.165) is 31.3 Å². The normalized spacial score (nSPS) is 17.7. The van der Waals surface area contributed by atoms with E-state index in [1.54, 1.807) is 0 Å². The van der Waals surface area contributed by atoms with E-state index in [9.17, 15) is 9.90 Å². The van der Waals surface area contributed by atoms with Crippen molar-refractivity contribution >= 4 is 5.97 Å². The highest BCUT2D eigenvalue weighted by atomic mass is 16.4. The van der Waals surface area contributed by atoms with Gasteiger partial charge in [0.2, 0.25) is 0 Å². The molecule has 2 aliphatic carbocycles. The van der Waals surface area contributed by atoms with Gasteiger partial charge < -0.3 is 15.2 Å². The van der Waals surface area contributed by atoms with E-state index in [2.05, 4.69) is 24.4 Å². The van der Waals surface area contributed by atoms with Gasteiger partial charge in [0.1, 0.15) is 0 Å². The molecule has 0 aromatic rings. The van der Waals surface area contributed by atoms with E-state index in [-0.39, 0.29) is 6.42 Å². The van der Waals surface area contributed by atoms with Crippen LogP contribution in [-0.4, -0.2) is 18.1 Å². The Bertz CT molecular complexity index is 434. The fourth-order valence-corrected chi connectivity index (χ4v) is 5.21. The van der Waals surface area contributed by atoms with Gasteiger partial charge in [0.25, 0.3) is 0 Å². The van der Waals surface area contributed by atoms with E-state index < -0.39 is 5.97 Å². The predicted octanol–water partition coefficient (Wildman–Crippen LogP) is 8.02. The molecule has 0 aromatic carbocycles. The third-order valence-corrected chi connectivity index (χ3v) is 7.32. The van der Waals surface area contributed by atoms with E-state index in [0.29, 0.717) is 0 Å². The molecular formula is C30H56NO2-. The Kier molecular flexibility index (Phi) is 21.0. The SMILES string of the molecule is C1CCC(NC2CCCCC2)CC1.CCCCCCCC/C=C\CCCCCCCC(=O)[O-]. The Labute approximate surface area is 206 Å². The van der Waals surface area contributed by atoms with Crippen molar-refractivity contribution in [2.45, 2.75) is 173 Å². The number of rotatable bonds is 17. The minimum atomic E-state index is -0.914. The van der Waals surface area contributed by atoms with E-state index in [4.69, 9.17) is 0 Å². The average molecular weight is 463 g/mol. The molecule has 3 heteroatoms. The average Bonchev–Trinajstić information content (AvgIpc) is 2.83. The smallest absolute Gasteiger partial charge is 0.0414 e. The van der Waals surface area contributed by atoms with Crippen LogP contribution in [0.2, 0.25) is 0 Å². The van der Waals surface area contributed by atoms with Gasteiger partial charge in [0, 0.05) is 18.1 Å². The molecule has 33 heavy (non-hydrogen) atoms. The molecule has 0 amide bonds. The van der Waals surface area contributed by atoms with Gasteiger partial charge in [-0.3, -0.25) is 0 Å². The third-order valence-electron chi connectivity index (χ3n) is 7.32. The second-order valence-corrected chi connectivity index (χ2v) is 10.5. The highest BCUT2D eigenvalue weighted by Gasteiger charge is 2.19. The molecule has 3 nitrogen and oxygen atoms in total. The fourth-order valence-electron chi connectivity index (χ4n) is 5.21. The standard InChI is InChI=1S/C18H34O2.C12H23N/c1-2-3-4-5-6-7-8-9-10-11-12-13-14-15-16-17-18(19)20;1-3-7-11(8-4-1)13-12-9-5-2-6-10-12/h9-10H,2-8,11-17H2,1H3,(H,19,20);11-13H,1-10H2/p-1/b10-9-;. The van der Waals surface area contributed by atoms with Crippen molar-refractivity contribution in [3.63, 3.8) is 0 Å². The monoisotopic (exact) mass is 462 g/mol. The lowest BCUT2D eigenvalue weighted by atomic mass is 9.91. The second-order valence-electron chi connectivity index (χ2n) is 10.5. The first-order valence-corrected chi connectivity index (χ1v) is 14.8. The predicted molar refractivity (Wildman–Crippen MR) is 141 cm³/mol. The largest absolute Gasteiger partial charge is 0.550 e. The number of carboxylic acid groups (broad SMARTS) is 1. The lowest BCUT2D eigenvalue weighted by Gasteiger charge is -2.30. The van der Waals surface area contributed by atoms with Crippen molar-refractivity contribution in [3.05, 3.63) is 12.2 Å². The molecule has 2 aliphatic rings. The molecule has 0 saturated heterocycles. The number of carboxylic acids is 1. The van der Waals surface area contributed by atoms with Crippen molar-refractivity contribution in [2.24, 2.45) is 0 Å². The molecule has 0 unspecified atom stereocenters. The maximum atomic E-state index is 10.2. The third kappa shape index (κ3) is 20.3. The summed E-state index contributed by atoms with van der Waals surface area (Å²) in [5, 5.41) is 14.1. The number of hydrogen-bond donors (Lipinski definition) is 1. The molecule has 0 aliphatic heterocycles. The zero-order chi connectivity index (χ0) is 23.8. The summed E-state index contributed by atoms with van der Waals surface area (Å²) in [4.78, 5) is 10.2. The van der Waals surface area contributed by atoms with Crippen molar-refractivity contribution in [1.29, 1.82) is 0 Å². The van der Waals surface area contributed by atoms with Gasteiger partial charge in [-0.2, -0.15) is 0 Å². The number of carbonyl (C=O) groups is 1. The van der Waals surface area contributed by atoms with Gasteiger partial charge in [-0.05, 0) is 64.2 Å². The van der Waals surface area contributed by atoms with Crippen LogP contribution in [0.4, 0.5) is 0 Å². The maximum Gasteiger partial charge on any atom is 0.0414 e. The van der Waals surface area contributed by atoms with Crippen LogP contribution in [0.15, 0.2) is 12.2 Å². The Morgan fingerprint density at radius 1 is 0.667 bits per heavy atom. The van der Waals surface area contributed by atoms with Crippen LogP contribution < -0.4 is 10.4 Å². The van der Waals surface area contributed by atoms with Crippen molar-refractivity contribution < 1.29 is 9.90 Å². The first kappa shape index (κ1) is 30.2. The quantitative estimate of drug-likeness (QED) is 0.176. The van der Waals surface area contributed by atoms with Gasteiger partial charge in [0.15, 0.2) is 0 Å². The lowest BCUT2D eigenvalue weighted by molar-refractivity contribution is -0.305. The molecule has 2 fully saturated rings. The second kappa shape index (κ2) is 22.9. The number of unbranched alkanes of at least 4 members (excludes halogenated alkanes) is 11. The lowest BCUT2D eigenvalue weighted by Crippen LogP contribution is -2.40. The number of carbonyl (C=O) groups excluding carboxylic acids is 1. The fraction of sp³-hybridized carbons (Fsp3) is 0.900. The molecule has 0 aromatic heterocycles. The first-order chi connectivity index (χ1) is 16.2.